The molecular formula is C20H28O3. The summed E-state index contributed by atoms with van der Waals surface area (Å²) in [5.41, 5.74) is -1.23. The fraction of sp³-hybridized carbons (Fsp3) is 0.650. The Hall–Kier alpha value is -1.35. The van der Waals surface area contributed by atoms with Gasteiger partial charge < -0.3 is 10.2 Å². The molecule has 3 heteroatoms. The minimum Gasteiger partial charge on any atom is -0.504 e. The Labute approximate surface area is 138 Å². The molecule has 3 nitrogen and oxygen atoms in total. The number of carbonyl (C=O) groups is 1. The van der Waals surface area contributed by atoms with Gasteiger partial charge in [0.05, 0.1) is 0 Å². The third-order valence-corrected chi connectivity index (χ3v) is 6.73. The van der Waals surface area contributed by atoms with Crippen LogP contribution in [-0.2, 0) is 4.79 Å². The summed E-state index contributed by atoms with van der Waals surface area (Å²) >= 11 is 0. The highest BCUT2D eigenvalue weighted by molar-refractivity contribution is 6.10. The SMILES string of the molecule is C=CC1(C)C=C2C(=O)C(O)=C3C(C)(C)CCCC3(C)C2(O)CC1. The zero-order chi connectivity index (χ0) is 17.3. The van der Waals surface area contributed by atoms with Crippen molar-refractivity contribution in [3.63, 3.8) is 0 Å². The van der Waals surface area contributed by atoms with Crippen LogP contribution in [0, 0.1) is 16.2 Å². The predicted octanol–water partition coefficient (Wildman–Crippen LogP) is 4.24. The molecule has 3 atom stereocenters. The molecule has 0 saturated heterocycles. The van der Waals surface area contributed by atoms with Crippen LogP contribution >= 0.6 is 0 Å². The van der Waals surface area contributed by atoms with Gasteiger partial charge in [-0.25, -0.2) is 0 Å². The van der Waals surface area contributed by atoms with Crippen LogP contribution in [0.5, 0.6) is 0 Å². The molecule has 23 heavy (non-hydrogen) atoms. The summed E-state index contributed by atoms with van der Waals surface area (Å²) < 4.78 is 0. The van der Waals surface area contributed by atoms with Gasteiger partial charge in [-0.05, 0) is 36.7 Å². The summed E-state index contributed by atoms with van der Waals surface area (Å²) in [6.45, 7) is 12.0. The molecule has 0 heterocycles. The zero-order valence-corrected chi connectivity index (χ0v) is 14.7. The van der Waals surface area contributed by atoms with Crippen LogP contribution in [0.3, 0.4) is 0 Å². The second-order valence-corrected chi connectivity index (χ2v) is 8.75. The number of aliphatic hydroxyl groups excluding tert-OH is 1. The Bertz CT molecular complexity index is 654. The standard InChI is InChI=1S/C20H28O3/c1-6-18(4)10-11-20(23)13(12-18)14(21)15(22)16-17(2,3)8-7-9-19(16,20)5/h6,12,22-23H,1,7-11H2,2-5H3. The highest BCUT2D eigenvalue weighted by atomic mass is 16.3. The van der Waals surface area contributed by atoms with Crippen molar-refractivity contribution in [1.82, 2.24) is 0 Å². The second-order valence-electron chi connectivity index (χ2n) is 8.75. The minimum atomic E-state index is -1.19. The number of rotatable bonds is 1. The number of aliphatic hydroxyl groups is 2. The van der Waals surface area contributed by atoms with E-state index < -0.39 is 16.8 Å². The lowest BCUT2D eigenvalue weighted by atomic mass is 9.47. The van der Waals surface area contributed by atoms with Crippen molar-refractivity contribution in [2.45, 2.75) is 65.4 Å². The highest BCUT2D eigenvalue weighted by Crippen LogP contribution is 2.63. The summed E-state index contributed by atoms with van der Waals surface area (Å²) in [6, 6.07) is 0. The van der Waals surface area contributed by atoms with E-state index in [1.54, 1.807) is 0 Å². The Morgan fingerprint density at radius 1 is 1.13 bits per heavy atom. The lowest BCUT2D eigenvalue weighted by molar-refractivity contribution is -0.128. The van der Waals surface area contributed by atoms with Gasteiger partial charge in [0, 0.05) is 16.4 Å². The first kappa shape index (κ1) is 16.5. The van der Waals surface area contributed by atoms with Gasteiger partial charge in [-0.3, -0.25) is 4.79 Å². The van der Waals surface area contributed by atoms with Crippen LogP contribution in [0.2, 0.25) is 0 Å². The number of hydrogen-bond acceptors (Lipinski definition) is 3. The van der Waals surface area contributed by atoms with Crippen molar-refractivity contribution in [2.75, 3.05) is 0 Å². The van der Waals surface area contributed by atoms with E-state index in [0.717, 1.165) is 31.3 Å². The molecule has 126 valence electrons. The van der Waals surface area contributed by atoms with Gasteiger partial charge in [0.2, 0.25) is 5.78 Å². The monoisotopic (exact) mass is 316 g/mol. The Morgan fingerprint density at radius 3 is 2.39 bits per heavy atom. The maximum absolute atomic E-state index is 12.9. The molecule has 3 aliphatic rings. The largest absolute Gasteiger partial charge is 0.504 e. The molecule has 0 aliphatic heterocycles. The fourth-order valence-electron chi connectivity index (χ4n) is 5.21. The molecule has 2 N–H and O–H groups in total. The molecule has 3 unspecified atom stereocenters. The average Bonchev–Trinajstić information content (AvgIpc) is 2.47. The van der Waals surface area contributed by atoms with Crippen molar-refractivity contribution in [3.05, 3.63) is 35.6 Å². The summed E-state index contributed by atoms with van der Waals surface area (Å²) in [4.78, 5) is 12.9. The molecule has 1 saturated carbocycles. The summed E-state index contributed by atoms with van der Waals surface area (Å²) in [6.07, 6.45) is 7.66. The molecule has 0 aromatic rings. The molecule has 0 amide bonds. The third kappa shape index (κ3) is 1.95. The maximum Gasteiger partial charge on any atom is 0.225 e. The number of hydrogen-bond donors (Lipinski definition) is 2. The van der Waals surface area contributed by atoms with Gasteiger partial charge in [-0.2, -0.15) is 0 Å². The van der Waals surface area contributed by atoms with E-state index in [-0.39, 0.29) is 16.6 Å². The Balaban J connectivity index is 2.30. The maximum atomic E-state index is 12.9. The molecule has 0 aromatic heterocycles. The third-order valence-electron chi connectivity index (χ3n) is 6.73. The Morgan fingerprint density at radius 2 is 1.78 bits per heavy atom. The second kappa shape index (κ2) is 4.60. The zero-order valence-electron chi connectivity index (χ0n) is 14.7. The van der Waals surface area contributed by atoms with E-state index in [1.165, 1.54) is 0 Å². The smallest absolute Gasteiger partial charge is 0.225 e. The summed E-state index contributed by atoms with van der Waals surface area (Å²) in [5.74, 6) is -0.538. The van der Waals surface area contributed by atoms with Gasteiger partial charge in [-0.15, -0.1) is 6.58 Å². The van der Waals surface area contributed by atoms with Crippen molar-refractivity contribution in [1.29, 1.82) is 0 Å². The lowest BCUT2D eigenvalue weighted by Gasteiger charge is -2.58. The van der Waals surface area contributed by atoms with Crippen LogP contribution in [0.4, 0.5) is 0 Å². The molecule has 0 spiro atoms. The van der Waals surface area contributed by atoms with Crippen LogP contribution in [-0.4, -0.2) is 21.6 Å². The topological polar surface area (TPSA) is 57.5 Å². The van der Waals surface area contributed by atoms with Crippen LogP contribution < -0.4 is 0 Å². The average molecular weight is 316 g/mol. The minimum absolute atomic E-state index is 0.138. The first-order valence-electron chi connectivity index (χ1n) is 8.59. The van der Waals surface area contributed by atoms with Crippen molar-refractivity contribution < 1.29 is 15.0 Å². The molecule has 1 fully saturated rings. The Kier molecular flexibility index (Phi) is 3.30. The van der Waals surface area contributed by atoms with Crippen molar-refractivity contribution >= 4 is 5.78 Å². The molecule has 0 bridgehead atoms. The number of allylic oxidation sites excluding steroid dienone is 3. The van der Waals surface area contributed by atoms with Crippen LogP contribution in [0.25, 0.3) is 0 Å². The number of carbonyl (C=O) groups excluding carboxylic acids is 1. The summed E-state index contributed by atoms with van der Waals surface area (Å²) in [5, 5.41) is 22.3. The van der Waals surface area contributed by atoms with Crippen LogP contribution in [0.15, 0.2) is 35.6 Å². The van der Waals surface area contributed by atoms with E-state index in [0.29, 0.717) is 12.0 Å². The molecule has 3 aliphatic carbocycles. The lowest BCUT2D eigenvalue weighted by Crippen LogP contribution is -2.60. The summed E-state index contributed by atoms with van der Waals surface area (Å²) in [7, 11) is 0. The van der Waals surface area contributed by atoms with Gasteiger partial charge in [0.15, 0.2) is 5.76 Å². The number of fused-ring (bicyclic) bond motifs is 3. The molecular weight excluding hydrogens is 288 g/mol. The highest BCUT2D eigenvalue weighted by Gasteiger charge is 2.63. The van der Waals surface area contributed by atoms with Crippen LogP contribution in [0.1, 0.15) is 59.8 Å². The van der Waals surface area contributed by atoms with Gasteiger partial charge in [0.1, 0.15) is 5.60 Å². The van der Waals surface area contributed by atoms with Gasteiger partial charge in [0.25, 0.3) is 0 Å². The fourth-order valence-corrected chi connectivity index (χ4v) is 5.21. The van der Waals surface area contributed by atoms with Gasteiger partial charge >= 0.3 is 0 Å². The van der Waals surface area contributed by atoms with Crippen molar-refractivity contribution in [2.24, 2.45) is 16.2 Å². The molecule has 0 radical (unpaired) electrons. The predicted molar refractivity (Wildman–Crippen MR) is 91.0 cm³/mol. The van der Waals surface area contributed by atoms with Gasteiger partial charge in [-0.1, -0.05) is 46.3 Å². The van der Waals surface area contributed by atoms with E-state index in [4.69, 9.17) is 0 Å². The van der Waals surface area contributed by atoms with E-state index in [2.05, 4.69) is 20.4 Å². The van der Waals surface area contributed by atoms with E-state index in [1.807, 2.05) is 26.0 Å². The first-order valence-corrected chi connectivity index (χ1v) is 8.59. The first-order chi connectivity index (χ1) is 10.5. The van der Waals surface area contributed by atoms with Crippen molar-refractivity contribution in [3.8, 4) is 0 Å². The molecule has 0 aromatic carbocycles. The quantitative estimate of drug-likeness (QED) is 0.711. The normalized spacial score (nSPS) is 42.7. The number of Topliss-reactive ketones (excluding diaryl/α,β-unsaturated/α-hetero) is 1. The van der Waals surface area contributed by atoms with E-state index in [9.17, 15) is 15.0 Å². The van der Waals surface area contributed by atoms with E-state index >= 15 is 0 Å². The number of ketones is 1. The molecule has 3 rings (SSSR count).